The van der Waals surface area contributed by atoms with E-state index in [1.165, 1.54) is 5.56 Å². The van der Waals surface area contributed by atoms with Gasteiger partial charge in [0.1, 0.15) is 0 Å². The summed E-state index contributed by atoms with van der Waals surface area (Å²) in [5.74, 6) is 0. The summed E-state index contributed by atoms with van der Waals surface area (Å²) in [7, 11) is 0. The smallest absolute Gasteiger partial charge is 0.174 e. The summed E-state index contributed by atoms with van der Waals surface area (Å²) in [5.41, 5.74) is 3.25. The van der Waals surface area contributed by atoms with E-state index < -0.39 is 0 Å². The van der Waals surface area contributed by atoms with Gasteiger partial charge in [0.05, 0.1) is 22.1 Å². The molecule has 3 heterocycles. The average Bonchev–Trinajstić information content (AvgIpc) is 3.20. The fraction of sp³-hybridized carbons (Fsp3) is 0.158. The van der Waals surface area contributed by atoms with Gasteiger partial charge in [-0.05, 0) is 55.5 Å². The Morgan fingerprint density at radius 2 is 1.92 bits per heavy atom. The molecule has 1 N–H and O–H groups in total. The molecule has 0 aliphatic carbocycles. The minimum absolute atomic E-state index is 0.0163. The van der Waals surface area contributed by atoms with Crippen LogP contribution in [-0.2, 0) is 0 Å². The molecular formula is C19H16ClN3S2. The first kappa shape index (κ1) is 16.5. The van der Waals surface area contributed by atoms with Crippen LogP contribution in [0.3, 0.4) is 0 Å². The Morgan fingerprint density at radius 3 is 2.56 bits per heavy atom. The normalized spacial score (nSPS) is 19.9. The van der Waals surface area contributed by atoms with E-state index in [-0.39, 0.29) is 12.1 Å². The quantitative estimate of drug-likeness (QED) is 0.620. The maximum Gasteiger partial charge on any atom is 0.174 e. The summed E-state index contributed by atoms with van der Waals surface area (Å²) in [6.07, 6.45) is 1.81. The Morgan fingerprint density at radius 1 is 1.12 bits per heavy atom. The van der Waals surface area contributed by atoms with E-state index in [4.69, 9.17) is 23.8 Å². The summed E-state index contributed by atoms with van der Waals surface area (Å²) in [4.78, 5) is 7.87. The van der Waals surface area contributed by atoms with Gasteiger partial charge < -0.3 is 10.2 Å². The molecule has 2 unspecified atom stereocenters. The van der Waals surface area contributed by atoms with Gasteiger partial charge in [0, 0.05) is 16.8 Å². The van der Waals surface area contributed by atoms with Crippen molar-refractivity contribution in [3.63, 3.8) is 0 Å². The lowest BCUT2D eigenvalue weighted by molar-refractivity contribution is 0.575. The molecule has 2 atom stereocenters. The number of halogens is 1. The lowest BCUT2D eigenvalue weighted by Crippen LogP contribution is -2.29. The summed E-state index contributed by atoms with van der Waals surface area (Å²) in [6, 6.07) is 18.4. The van der Waals surface area contributed by atoms with Gasteiger partial charge in [0.2, 0.25) is 0 Å². The lowest BCUT2D eigenvalue weighted by atomic mass is 10.0. The first-order valence-electron chi connectivity index (χ1n) is 7.96. The number of pyridine rings is 1. The molecule has 1 aliphatic heterocycles. The van der Waals surface area contributed by atoms with E-state index in [0.717, 1.165) is 20.6 Å². The van der Waals surface area contributed by atoms with Crippen molar-refractivity contribution < 1.29 is 0 Å². The number of thiocarbonyl (C=S) groups is 1. The molecule has 6 heteroatoms. The van der Waals surface area contributed by atoms with Gasteiger partial charge in [-0.2, -0.15) is 0 Å². The van der Waals surface area contributed by atoms with Gasteiger partial charge in [-0.25, -0.2) is 0 Å². The Labute approximate surface area is 161 Å². The van der Waals surface area contributed by atoms with Crippen molar-refractivity contribution in [1.82, 2.24) is 10.3 Å². The fourth-order valence-electron chi connectivity index (χ4n) is 3.11. The zero-order valence-corrected chi connectivity index (χ0v) is 15.9. The van der Waals surface area contributed by atoms with Crippen molar-refractivity contribution in [2.75, 3.05) is 4.90 Å². The third-order valence-electron chi connectivity index (χ3n) is 4.30. The molecule has 2 aromatic heterocycles. The van der Waals surface area contributed by atoms with Crippen LogP contribution in [0.25, 0.3) is 0 Å². The van der Waals surface area contributed by atoms with E-state index in [2.05, 4.69) is 52.5 Å². The van der Waals surface area contributed by atoms with Crippen LogP contribution in [0.4, 0.5) is 5.69 Å². The minimum Gasteiger partial charge on any atom is -0.351 e. The monoisotopic (exact) mass is 385 g/mol. The molecule has 1 saturated heterocycles. The third-order valence-corrected chi connectivity index (χ3v) is 5.91. The summed E-state index contributed by atoms with van der Waals surface area (Å²) in [5, 5.41) is 4.15. The van der Waals surface area contributed by atoms with Crippen molar-refractivity contribution in [3.8, 4) is 0 Å². The SMILES string of the molecule is Cc1ccc(N2C(=S)NC(c3ccccn3)C2c2ccc(Cl)s2)cc1. The van der Waals surface area contributed by atoms with Crippen LogP contribution in [0.2, 0.25) is 4.34 Å². The minimum atomic E-state index is -0.0234. The topological polar surface area (TPSA) is 28.2 Å². The molecule has 1 fully saturated rings. The highest BCUT2D eigenvalue weighted by atomic mass is 35.5. The maximum absolute atomic E-state index is 6.21. The number of nitrogens with one attached hydrogen (secondary N) is 1. The molecule has 0 spiro atoms. The van der Waals surface area contributed by atoms with Crippen LogP contribution in [0, 0.1) is 6.92 Å². The number of hydrogen-bond donors (Lipinski definition) is 1. The fourth-order valence-corrected chi connectivity index (χ4v) is 4.65. The van der Waals surface area contributed by atoms with E-state index in [9.17, 15) is 0 Å². The summed E-state index contributed by atoms with van der Waals surface area (Å²) >= 11 is 13.5. The van der Waals surface area contributed by atoms with Crippen LogP contribution in [-0.4, -0.2) is 10.1 Å². The van der Waals surface area contributed by atoms with Gasteiger partial charge in [0.15, 0.2) is 5.11 Å². The summed E-state index contributed by atoms with van der Waals surface area (Å²) in [6.45, 7) is 2.08. The van der Waals surface area contributed by atoms with Crippen LogP contribution < -0.4 is 10.2 Å². The van der Waals surface area contributed by atoms with Crippen molar-refractivity contribution in [2.24, 2.45) is 0 Å². The number of aromatic nitrogens is 1. The van der Waals surface area contributed by atoms with Crippen LogP contribution >= 0.6 is 35.2 Å². The number of thiophene rings is 1. The molecule has 0 saturated carbocycles. The van der Waals surface area contributed by atoms with Crippen LogP contribution in [0.15, 0.2) is 60.8 Å². The molecule has 3 aromatic rings. The molecule has 0 bridgehead atoms. The van der Waals surface area contributed by atoms with Crippen molar-refractivity contribution in [2.45, 2.75) is 19.0 Å². The highest BCUT2D eigenvalue weighted by Crippen LogP contribution is 2.44. The van der Waals surface area contributed by atoms with Crippen molar-refractivity contribution in [1.29, 1.82) is 0 Å². The standard InChI is InChI=1S/C19H16ClN3S2/c1-12-5-7-13(8-6-12)23-18(15-9-10-16(20)25-15)17(22-19(23)24)14-4-2-3-11-21-14/h2-11,17-18H,1H3,(H,22,24). The molecule has 3 nitrogen and oxygen atoms in total. The average molecular weight is 386 g/mol. The number of aryl methyl sites for hydroxylation is 1. The maximum atomic E-state index is 6.21. The zero-order chi connectivity index (χ0) is 17.4. The van der Waals surface area contributed by atoms with Gasteiger partial charge in [-0.15, -0.1) is 11.3 Å². The number of hydrogen-bond acceptors (Lipinski definition) is 3. The molecule has 1 aromatic carbocycles. The lowest BCUT2D eigenvalue weighted by Gasteiger charge is -2.27. The first-order chi connectivity index (χ1) is 12.1. The van der Waals surface area contributed by atoms with Crippen molar-refractivity contribution in [3.05, 3.63) is 81.3 Å². The number of nitrogens with zero attached hydrogens (tertiary/aromatic N) is 2. The third kappa shape index (κ3) is 3.15. The van der Waals surface area contributed by atoms with Crippen LogP contribution in [0.1, 0.15) is 28.2 Å². The summed E-state index contributed by atoms with van der Waals surface area (Å²) < 4.78 is 0.774. The molecule has 0 radical (unpaired) electrons. The van der Waals surface area contributed by atoms with E-state index in [1.54, 1.807) is 11.3 Å². The highest BCUT2D eigenvalue weighted by Gasteiger charge is 2.41. The van der Waals surface area contributed by atoms with Gasteiger partial charge >= 0.3 is 0 Å². The molecule has 126 valence electrons. The van der Waals surface area contributed by atoms with Gasteiger partial charge in [0.25, 0.3) is 0 Å². The zero-order valence-electron chi connectivity index (χ0n) is 13.5. The molecule has 0 amide bonds. The number of anilines is 1. The second kappa shape index (κ2) is 6.75. The second-order valence-electron chi connectivity index (χ2n) is 5.97. The number of benzene rings is 1. The second-order valence-corrected chi connectivity index (χ2v) is 8.11. The molecule has 4 rings (SSSR count). The molecule has 25 heavy (non-hydrogen) atoms. The van der Waals surface area contributed by atoms with E-state index in [0.29, 0.717) is 5.11 Å². The Kier molecular flexibility index (Phi) is 4.46. The Balaban J connectivity index is 1.81. The van der Waals surface area contributed by atoms with Gasteiger partial charge in [-0.3, -0.25) is 4.98 Å². The molecule has 1 aliphatic rings. The van der Waals surface area contributed by atoms with Crippen LogP contribution in [0.5, 0.6) is 0 Å². The Hall–Kier alpha value is -1.95. The predicted molar refractivity (Wildman–Crippen MR) is 108 cm³/mol. The predicted octanol–water partition coefficient (Wildman–Crippen LogP) is 5.28. The van der Waals surface area contributed by atoms with E-state index in [1.807, 2.05) is 30.5 Å². The highest BCUT2D eigenvalue weighted by molar-refractivity contribution is 7.80. The molecular weight excluding hydrogens is 370 g/mol. The van der Waals surface area contributed by atoms with E-state index >= 15 is 0 Å². The van der Waals surface area contributed by atoms with Gasteiger partial charge in [-0.1, -0.05) is 35.4 Å². The largest absolute Gasteiger partial charge is 0.351 e. The first-order valence-corrected chi connectivity index (χ1v) is 9.56. The van der Waals surface area contributed by atoms with Crippen molar-refractivity contribution >= 4 is 46.0 Å². The number of rotatable bonds is 3. The Bertz CT molecular complexity index is 893.